The molecule has 1 amide bonds. The van der Waals surface area contributed by atoms with E-state index >= 15 is 0 Å². The van der Waals surface area contributed by atoms with E-state index < -0.39 is 0 Å². The molecule has 1 fully saturated rings. The van der Waals surface area contributed by atoms with E-state index in [1.807, 2.05) is 17.0 Å². The Balaban J connectivity index is 1.80. The molecule has 1 aliphatic heterocycles. The van der Waals surface area contributed by atoms with Gasteiger partial charge in [0.05, 0.1) is 32.8 Å². The van der Waals surface area contributed by atoms with E-state index in [-0.39, 0.29) is 17.2 Å². The summed E-state index contributed by atoms with van der Waals surface area (Å²) in [5, 5.41) is 0. The Labute approximate surface area is 174 Å². The molecule has 1 aliphatic carbocycles. The Hall–Kier alpha value is -2.43. The topological polar surface area (TPSA) is 48.0 Å². The van der Waals surface area contributed by atoms with Crippen LogP contribution in [-0.4, -0.2) is 45.2 Å². The number of amides is 1. The highest BCUT2D eigenvalue weighted by Gasteiger charge is 2.61. The van der Waals surface area contributed by atoms with Gasteiger partial charge in [-0.25, -0.2) is 0 Å². The Morgan fingerprint density at radius 3 is 2.17 bits per heavy atom. The fourth-order valence-electron chi connectivity index (χ4n) is 4.43. The van der Waals surface area contributed by atoms with Crippen LogP contribution in [0, 0.1) is 17.3 Å². The van der Waals surface area contributed by atoms with Crippen molar-refractivity contribution >= 4 is 11.5 Å². The average molecular weight is 400 g/mol. The quantitative estimate of drug-likeness (QED) is 0.658. The van der Waals surface area contributed by atoms with Crippen molar-refractivity contribution in [2.75, 3.05) is 34.4 Å². The van der Waals surface area contributed by atoms with Gasteiger partial charge in [0, 0.05) is 25.2 Å². The zero-order chi connectivity index (χ0) is 21.3. The second-order valence-corrected chi connectivity index (χ2v) is 8.74. The number of nitrogens with zero attached hydrogens (tertiary/aromatic N) is 1. The summed E-state index contributed by atoms with van der Waals surface area (Å²) in [6, 6.07) is 3.74. The maximum atomic E-state index is 13.1. The zero-order valence-corrected chi connectivity index (χ0v) is 18.7. The molecule has 0 N–H and O–H groups in total. The summed E-state index contributed by atoms with van der Waals surface area (Å²) in [7, 11) is 4.92. The van der Waals surface area contributed by atoms with Crippen molar-refractivity contribution in [1.82, 2.24) is 4.90 Å². The number of carbonyl (C=O) groups is 1. The summed E-state index contributed by atoms with van der Waals surface area (Å²) in [4.78, 5) is 15.1. The summed E-state index contributed by atoms with van der Waals surface area (Å²) in [5.74, 6) is 2.82. The molecule has 0 saturated heterocycles. The number of rotatable bonds is 6. The molecule has 0 radical (unpaired) electrons. The number of allylic oxidation sites excluding steroid dienone is 2. The fourth-order valence-corrected chi connectivity index (χ4v) is 4.43. The highest BCUT2D eigenvalue weighted by atomic mass is 16.5. The molecule has 29 heavy (non-hydrogen) atoms. The molecule has 5 nitrogen and oxygen atoms in total. The SMILES string of the molecule is COc1cc(OC)c(C2=CCN(C(=O)[C@@H]3[C@@H](C=C(C)C)C3(C)C)CC2)c(OC)c1. The molecule has 3 rings (SSSR count). The van der Waals surface area contributed by atoms with Gasteiger partial charge in [0.2, 0.25) is 5.91 Å². The highest BCUT2D eigenvalue weighted by molar-refractivity contribution is 5.85. The lowest BCUT2D eigenvalue weighted by atomic mass is 9.96. The highest BCUT2D eigenvalue weighted by Crippen LogP contribution is 2.60. The number of ether oxygens (including phenoxy) is 3. The first kappa shape index (κ1) is 21.3. The van der Waals surface area contributed by atoms with Crippen LogP contribution in [0.25, 0.3) is 5.57 Å². The van der Waals surface area contributed by atoms with Crippen molar-refractivity contribution in [3.8, 4) is 17.2 Å². The maximum Gasteiger partial charge on any atom is 0.227 e. The molecule has 2 atom stereocenters. The van der Waals surface area contributed by atoms with Crippen LogP contribution < -0.4 is 14.2 Å². The Morgan fingerprint density at radius 2 is 1.72 bits per heavy atom. The third-order valence-electron chi connectivity index (χ3n) is 6.25. The molecule has 0 unspecified atom stereocenters. The number of carbonyl (C=O) groups excluding carboxylic acids is 1. The van der Waals surface area contributed by atoms with Gasteiger partial charge < -0.3 is 19.1 Å². The molecule has 0 spiro atoms. The van der Waals surface area contributed by atoms with Crippen LogP contribution in [0.15, 0.2) is 29.9 Å². The lowest BCUT2D eigenvalue weighted by Gasteiger charge is -2.28. The largest absolute Gasteiger partial charge is 0.496 e. The molecule has 158 valence electrons. The van der Waals surface area contributed by atoms with Crippen molar-refractivity contribution < 1.29 is 19.0 Å². The Morgan fingerprint density at radius 1 is 1.10 bits per heavy atom. The average Bonchev–Trinajstić information content (AvgIpc) is 3.25. The van der Waals surface area contributed by atoms with E-state index in [4.69, 9.17) is 14.2 Å². The van der Waals surface area contributed by atoms with Crippen molar-refractivity contribution in [3.05, 3.63) is 35.4 Å². The van der Waals surface area contributed by atoms with Gasteiger partial charge >= 0.3 is 0 Å². The maximum absolute atomic E-state index is 13.1. The van der Waals surface area contributed by atoms with Gasteiger partial charge in [0.1, 0.15) is 17.2 Å². The summed E-state index contributed by atoms with van der Waals surface area (Å²) in [6.45, 7) is 9.90. The minimum absolute atomic E-state index is 0.0424. The number of hydrogen-bond acceptors (Lipinski definition) is 4. The number of benzene rings is 1. The van der Waals surface area contributed by atoms with Crippen LogP contribution in [-0.2, 0) is 4.79 Å². The molecule has 0 aromatic heterocycles. The zero-order valence-electron chi connectivity index (χ0n) is 18.7. The molecule has 2 aliphatic rings. The molecule has 5 heteroatoms. The molecule has 1 aromatic carbocycles. The number of hydrogen-bond donors (Lipinski definition) is 0. The van der Waals surface area contributed by atoms with Gasteiger partial charge in [0.15, 0.2) is 0 Å². The van der Waals surface area contributed by atoms with E-state index in [1.165, 1.54) is 5.57 Å². The van der Waals surface area contributed by atoms with Crippen molar-refractivity contribution in [2.45, 2.75) is 34.1 Å². The van der Waals surface area contributed by atoms with Crippen LogP contribution in [0.5, 0.6) is 17.2 Å². The van der Waals surface area contributed by atoms with Crippen LogP contribution in [0.1, 0.15) is 39.7 Å². The third kappa shape index (κ3) is 4.00. The molecular formula is C24H33NO4. The first-order valence-corrected chi connectivity index (χ1v) is 10.2. The molecule has 1 aromatic rings. The van der Waals surface area contributed by atoms with E-state index in [0.717, 1.165) is 29.1 Å². The summed E-state index contributed by atoms with van der Waals surface area (Å²) < 4.78 is 16.5. The molecular weight excluding hydrogens is 366 g/mol. The first-order valence-electron chi connectivity index (χ1n) is 10.2. The van der Waals surface area contributed by atoms with Gasteiger partial charge in [-0.2, -0.15) is 0 Å². The van der Waals surface area contributed by atoms with Gasteiger partial charge in [-0.05, 0) is 37.2 Å². The van der Waals surface area contributed by atoms with Crippen LogP contribution >= 0.6 is 0 Å². The van der Waals surface area contributed by atoms with E-state index in [0.29, 0.717) is 24.8 Å². The third-order valence-corrected chi connectivity index (χ3v) is 6.25. The van der Waals surface area contributed by atoms with Gasteiger partial charge in [-0.3, -0.25) is 4.79 Å². The van der Waals surface area contributed by atoms with Crippen molar-refractivity contribution in [2.24, 2.45) is 17.3 Å². The monoisotopic (exact) mass is 399 g/mol. The molecule has 0 bridgehead atoms. The predicted molar refractivity (Wildman–Crippen MR) is 115 cm³/mol. The fraction of sp³-hybridized carbons (Fsp3) is 0.542. The smallest absolute Gasteiger partial charge is 0.227 e. The second kappa shape index (κ2) is 8.13. The van der Waals surface area contributed by atoms with Crippen LogP contribution in [0.3, 0.4) is 0 Å². The van der Waals surface area contributed by atoms with Crippen molar-refractivity contribution in [1.29, 1.82) is 0 Å². The normalized spacial score (nSPS) is 22.4. The predicted octanol–water partition coefficient (Wildman–Crippen LogP) is 4.57. The van der Waals surface area contributed by atoms with E-state index in [1.54, 1.807) is 21.3 Å². The summed E-state index contributed by atoms with van der Waals surface area (Å²) in [6.07, 6.45) is 5.14. The minimum Gasteiger partial charge on any atom is -0.496 e. The lowest BCUT2D eigenvalue weighted by Crippen LogP contribution is -2.36. The van der Waals surface area contributed by atoms with Crippen LogP contribution in [0.2, 0.25) is 0 Å². The first-order chi connectivity index (χ1) is 13.7. The van der Waals surface area contributed by atoms with Gasteiger partial charge in [-0.1, -0.05) is 31.6 Å². The number of methoxy groups -OCH3 is 3. The lowest BCUT2D eigenvalue weighted by molar-refractivity contribution is -0.133. The standard InChI is InChI=1S/C24H33NO4/c1-15(2)12-18-22(24(18,3)4)23(26)25-10-8-16(9-11-25)21-19(28-6)13-17(27-5)14-20(21)29-7/h8,12-14,18,22H,9-11H2,1-7H3/t18-,22+/m1/s1. The minimum atomic E-state index is 0.0424. The van der Waals surface area contributed by atoms with Gasteiger partial charge in [-0.15, -0.1) is 0 Å². The molecule has 1 heterocycles. The van der Waals surface area contributed by atoms with Crippen LogP contribution in [0.4, 0.5) is 0 Å². The van der Waals surface area contributed by atoms with Crippen molar-refractivity contribution in [3.63, 3.8) is 0 Å². The second-order valence-electron chi connectivity index (χ2n) is 8.74. The van der Waals surface area contributed by atoms with E-state index in [2.05, 4.69) is 39.8 Å². The van der Waals surface area contributed by atoms with E-state index in [9.17, 15) is 4.79 Å². The molecule has 1 saturated carbocycles. The van der Waals surface area contributed by atoms with Gasteiger partial charge in [0.25, 0.3) is 0 Å². The Bertz CT molecular complexity index is 823. The Kier molecular flexibility index (Phi) is 5.97. The summed E-state index contributed by atoms with van der Waals surface area (Å²) in [5.41, 5.74) is 3.40. The summed E-state index contributed by atoms with van der Waals surface area (Å²) >= 11 is 0.